The van der Waals surface area contributed by atoms with Gasteiger partial charge in [-0.15, -0.1) is 0 Å². The van der Waals surface area contributed by atoms with Crippen LogP contribution in [0.25, 0.3) is 0 Å². The third-order valence-corrected chi connectivity index (χ3v) is 4.86. The van der Waals surface area contributed by atoms with E-state index < -0.39 is 12.1 Å². The normalized spacial score (nSPS) is 21.8. The zero-order chi connectivity index (χ0) is 14.1. The standard InChI is InChI=1S/C13H19N3O3S/c1-19-12(18)10(17)8-4-6-16(7-5-8)13-14-11(15-20-13)9-2-3-9/h8-10,17H,2-7H2,1H3. The number of hydrogen-bond acceptors (Lipinski definition) is 7. The van der Waals surface area contributed by atoms with Crippen LogP contribution < -0.4 is 4.90 Å². The topological polar surface area (TPSA) is 75.6 Å². The lowest BCUT2D eigenvalue weighted by Gasteiger charge is -2.32. The van der Waals surface area contributed by atoms with Gasteiger partial charge in [-0.3, -0.25) is 0 Å². The number of anilines is 1. The number of esters is 1. The molecule has 1 atom stereocenters. The maximum absolute atomic E-state index is 11.3. The zero-order valence-corrected chi connectivity index (χ0v) is 12.3. The van der Waals surface area contributed by atoms with Crippen molar-refractivity contribution in [2.24, 2.45) is 5.92 Å². The highest BCUT2D eigenvalue weighted by Gasteiger charge is 2.32. The molecule has 1 aromatic heterocycles. The van der Waals surface area contributed by atoms with Gasteiger partial charge in [-0.05, 0) is 31.6 Å². The van der Waals surface area contributed by atoms with Crippen LogP contribution in [0.1, 0.15) is 37.4 Å². The van der Waals surface area contributed by atoms with E-state index in [-0.39, 0.29) is 5.92 Å². The van der Waals surface area contributed by atoms with E-state index in [0.29, 0.717) is 5.92 Å². The molecule has 0 amide bonds. The first-order valence-corrected chi connectivity index (χ1v) is 7.81. The lowest BCUT2D eigenvalue weighted by atomic mass is 9.91. The highest BCUT2D eigenvalue weighted by molar-refractivity contribution is 7.09. The number of carbonyl (C=O) groups excluding carboxylic acids is 1. The largest absolute Gasteiger partial charge is 0.467 e. The van der Waals surface area contributed by atoms with Crippen molar-refractivity contribution in [2.45, 2.75) is 37.7 Å². The summed E-state index contributed by atoms with van der Waals surface area (Å²) < 4.78 is 9.00. The second kappa shape index (κ2) is 5.65. The summed E-state index contributed by atoms with van der Waals surface area (Å²) in [6.07, 6.45) is 2.97. The summed E-state index contributed by atoms with van der Waals surface area (Å²) in [6.45, 7) is 1.61. The van der Waals surface area contributed by atoms with Gasteiger partial charge < -0.3 is 14.7 Å². The fraction of sp³-hybridized carbons (Fsp3) is 0.769. The summed E-state index contributed by atoms with van der Waals surface area (Å²) in [4.78, 5) is 18.1. The fourth-order valence-corrected chi connectivity index (χ4v) is 3.38. The Bertz CT molecular complexity index is 481. The summed E-state index contributed by atoms with van der Waals surface area (Å²) in [5.41, 5.74) is 0. The summed E-state index contributed by atoms with van der Waals surface area (Å²) in [6, 6.07) is 0. The number of rotatable bonds is 4. The predicted octanol–water partition coefficient (Wildman–Crippen LogP) is 1.17. The van der Waals surface area contributed by atoms with Crippen LogP contribution in [0.3, 0.4) is 0 Å². The molecule has 20 heavy (non-hydrogen) atoms. The van der Waals surface area contributed by atoms with Crippen LogP contribution in [0, 0.1) is 5.92 Å². The van der Waals surface area contributed by atoms with E-state index in [9.17, 15) is 9.90 Å². The summed E-state index contributed by atoms with van der Waals surface area (Å²) in [5.74, 6) is 1.02. The van der Waals surface area contributed by atoms with Crippen molar-refractivity contribution in [3.63, 3.8) is 0 Å². The monoisotopic (exact) mass is 297 g/mol. The number of hydrogen-bond donors (Lipinski definition) is 1. The third kappa shape index (κ3) is 2.78. The molecular formula is C13H19N3O3S. The van der Waals surface area contributed by atoms with Crippen molar-refractivity contribution in [1.29, 1.82) is 0 Å². The first kappa shape index (κ1) is 13.8. The molecule has 1 N–H and O–H groups in total. The number of aliphatic hydroxyl groups is 1. The van der Waals surface area contributed by atoms with Crippen molar-refractivity contribution >= 4 is 22.6 Å². The Balaban J connectivity index is 1.56. The quantitative estimate of drug-likeness (QED) is 0.841. The van der Waals surface area contributed by atoms with Gasteiger partial charge in [0, 0.05) is 30.5 Å². The van der Waals surface area contributed by atoms with Crippen LogP contribution in [-0.2, 0) is 9.53 Å². The average molecular weight is 297 g/mol. The molecule has 0 aromatic carbocycles. The van der Waals surface area contributed by atoms with Crippen LogP contribution in [0.15, 0.2) is 0 Å². The van der Waals surface area contributed by atoms with Crippen LogP contribution in [0.2, 0.25) is 0 Å². The van der Waals surface area contributed by atoms with E-state index in [0.717, 1.165) is 36.9 Å². The first-order chi connectivity index (χ1) is 9.69. The van der Waals surface area contributed by atoms with Gasteiger partial charge in [-0.2, -0.15) is 4.37 Å². The smallest absolute Gasteiger partial charge is 0.334 e. The number of nitrogens with zero attached hydrogens (tertiary/aromatic N) is 3. The molecular weight excluding hydrogens is 278 g/mol. The van der Waals surface area contributed by atoms with Crippen LogP contribution >= 0.6 is 11.5 Å². The molecule has 1 aliphatic carbocycles. The van der Waals surface area contributed by atoms with E-state index >= 15 is 0 Å². The molecule has 1 saturated heterocycles. The number of carbonyl (C=O) groups is 1. The van der Waals surface area contributed by atoms with Gasteiger partial charge in [0.25, 0.3) is 0 Å². The van der Waals surface area contributed by atoms with Gasteiger partial charge in [0.1, 0.15) is 5.82 Å². The van der Waals surface area contributed by atoms with Crippen LogP contribution in [0.4, 0.5) is 5.13 Å². The maximum atomic E-state index is 11.3. The average Bonchev–Trinajstić information content (AvgIpc) is 3.23. The Hall–Kier alpha value is -1.21. The van der Waals surface area contributed by atoms with Gasteiger partial charge in [0.05, 0.1) is 7.11 Å². The summed E-state index contributed by atoms with van der Waals surface area (Å²) >= 11 is 1.46. The molecule has 1 aliphatic heterocycles. The Morgan fingerprint density at radius 1 is 1.40 bits per heavy atom. The minimum absolute atomic E-state index is 0.0190. The van der Waals surface area contributed by atoms with E-state index in [1.165, 1.54) is 31.5 Å². The lowest BCUT2D eigenvalue weighted by molar-refractivity contribution is -0.153. The maximum Gasteiger partial charge on any atom is 0.334 e. The lowest BCUT2D eigenvalue weighted by Crippen LogP contribution is -2.40. The molecule has 0 bridgehead atoms. The molecule has 3 rings (SSSR count). The molecule has 1 aromatic rings. The van der Waals surface area contributed by atoms with Crippen molar-refractivity contribution < 1.29 is 14.6 Å². The van der Waals surface area contributed by atoms with E-state index in [2.05, 4.69) is 19.0 Å². The van der Waals surface area contributed by atoms with E-state index in [1.807, 2.05) is 0 Å². The number of piperidine rings is 1. The molecule has 6 nitrogen and oxygen atoms in total. The number of aromatic nitrogens is 2. The molecule has 0 radical (unpaired) electrons. The zero-order valence-electron chi connectivity index (χ0n) is 11.5. The van der Waals surface area contributed by atoms with Crippen LogP contribution in [0.5, 0.6) is 0 Å². The second-order valence-corrected chi connectivity index (χ2v) is 6.23. The van der Waals surface area contributed by atoms with Gasteiger partial charge in [0.2, 0.25) is 5.13 Å². The second-order valence-electron chi connectivity index (χ2n) is 5.50. The minimum atomic E-state index is -1.00. The van der Waals surface area contributed by atoms with E-state index in [1.54, 1.807) is 0 Å². The van der Waals surface area contributed by atoms with Crippen molar-refractivity contribution in [3.8, 4) is 0 Å². The fourth-order valence-electron chi connectivity index (χ4n) is 2.58. The predicted molar refractivity (Wildman–Crippen MR) is 74.8 cm³/mol. The van der Waals surface area contributed by atoms with Crippen molar-refractivity contribution in [1.82, 2.24) is 9.36 Å². The molecule has 2 fully saturated rings. The van der Waals surface area contributed by atoms with Gasteiger partial charge in [0.15, 0.2) is 6.10 Å². The van der Waals surface area contributed by atoms with Crippen molar-refractivity contribution in [2.75, 3.05) is 25.1 Å². The van der Waals surface area contributed by atoms with Crippen LogP contribution in [-0.4, -0.2) is 46.7 Å². The number of aliphatic hydroxyl groups excluding tert-OH is 1. The van der Waals surface area contributed by atoms with E-state index in [4.69, 9.17) is 0 Å². The minimum Gasteiger partial charge on any atom is -0.467 e. The molecule has 0 spiro atoms. The van der Waals surface area contributed by atoms with Gasteiger partial charge >= 0.3 is 5.97 Å². The molecule has 1 unspecified atom stereocenters. The molecule has 1 saturated carbocycles. The SMILES string of the molecule is COC(=O)C(O)C1CCN(c2nc(C3CC3)ns2)CC1. The van der Waals surface area contributed by atoms with Gasteiger partial charge in [-0.25, -0.2) is 9.78 Å². The molecule has 2 heterocycles. The first-order valence-electron chi connectivity index (χ1n) is 7.03. The summed E-state index contributed by atoms with van der Waals surface area (Å²) in [5, 5.41) is 10.8. The molecule has 110 valence electrons. The number of ether oxygens (including phenoxy) is 1. The Morgan fingerprint density at radius 3 is 2.70 bits per heavy atom. The molecule has 2 aliphatic rings. The Labute approximate surface area is 121 Å². The Morgan fingerprint density at radius 2 is 2.10 bits per heavy atom. The van der Waals surface area contributed by atoms with Gasteiger partial charge in [-0.1, -0.05) is 0 Å². The Kier molecular flexibility index (Phi) is 3.89. The third-order valence-electron chi connectivity index (χ3n) is 4.07. The molecule has 7 heteroatoms. The highest BCUT2D eigenvalue weighted by atomic mass is 32.1. The summed E-state index contributed by atoms with van der Waals surface area (Å²) in [7, 11) is 1.31. The number of methoxy groups -OCH3 is 1. The van der Waals surface area contributed by atoms with Crippen molar-refractivity contribution in [3.05, 3.63) is 5.82 Å². The highest BCUT2D eigenvalue weighted by Crippen LogP contribution is 2.40.